The quantitative estimate of drug-likeness (QED) is 0.427. The number of nitrogens with zero attached hydrogens (tertiary/aromatic N) is 4. The molecule has 0 unspecified atom stereocenters. The Balaban J connectivity index is 1.58. The molecule has 8 nitrogen and oxygen atoms in total. The zero-order valence-corrected chi connectivity index (χ0v) is 18.7. The largest absolute Gasteiger partial charge is 0.461 e. The number of ether oxygens (including phenoxy) is 1. The second-order valence-electron chi connectivity index (χ2n) is 7.42. The Bertz CT molecular complexity index is 1390. The molecule has 0 bridgehead atoms. The number of aryl methyl sites for hydroxylation is 1. The van der Waals surface area contributed by atoms with Crippen molar-refractivity contribution in [1.29, 1.82) is 0 Å². The molecule has 1 amide bonds. The van der Waals surface area contributed by atoms with E-state index in [4.69, 9.17) is 4.74 Å². The van der Waals surface area contributed by atoms with E-state index in [0.29, 0.717) is 22.8 Å². The third-order valence-electron chi connectivity index (χ3n) is 5.10. The average Bonchev–Trinajstić information content (AvgIpc) is 3.39. The zero-order valence-electron chi connectivity index (χ0n) is 18.7. The number of benzene rings is 2. The van der Waals surface area contributed by atoms with Crippen molar-refractivity contribution < 1.29 is 23.1 Å². The van der Waals surface area contributed by atoms with Crippen LogP contribution < -0.4 is 5.32 Å². The number of amides is 1. The Morgan fingerprint density at radius 3 is 2.59 bits per heavy atom. The van der Waals surface area contributed by atoms with Crippen molar-refractivity contribution >= 4 is 17.6 Å². The number of carbonyl (C=O) groups excluding carboxylic acids is 2. The van der Waals surface area contributed by atoms with Crippen LogP contribution in [-0.2, 0) is 4.74 Å². The summed E-state index contributed by atoms with van der Waals surface area (Å²) in [7, 11) is 0. The maximum Gasteiger partial charge on any atom is 0.358 e. The molecule has 0 saturated carbocycles. The third-order valence-corrected chi connectivity index (χ3v) is 5.10. The smallest absolute Gasteiger partial charge is 0.358 e. The Morgan fingerprint density at radius 2 is 1.85 bits per heavy atom. The number of hydrogen-bond acceptors (Lipinski definition) is 5. The van der Waals surface area contributed by atoms with Gasteiger partial charge in [0.2, 0.25) is 0 Å². The highest BCUT2D eigenvalue weighted by atomic mass is 19.1. The lowest BCUT2D eigenvalue weighted by molar-refractivity contribution is 0.0519. The summed E-state index contributed by atoms with van der Waals surface area (Å²) in [5, 5.41) is 11.3. The fourth-order valence-electron chi connectivity index (χ4n) is 3.56. The molecule has 0 fully saturated rings. The molecule has 0 aliphatic carbocycles. The van der Waals surface area contributed by atoms with Gasteiger partial charge in [0, 0.05) is 18.0 Å². The first kappa shape index (κ1) is 22.8. The predicted molar refractivity (Wildman–Crippen MR) is 120 cm³/mol. The summed E-state index contributed by atoms with van der Waals surface area (Å²) in [6, 6.07) is 11.6. The van der Waals surface area contributed by atoms with Gasteiger partial charge in [-0.05, 0) is 57.2 Å². The van der Waals surface area contributed by atoms with E-state index in [-0.39, 0.29) is 23.6 Å². The summed E-state index contributed by atoms with van der Waals surface area (Å²) in [5.74, 6) is -2.45. The lowest BCUT2D eigenvalue weighted by atomic mass is 10.1. The number of carbonyl (C=O) groups is 2. The minimum Gasteiger partial charge on any atom is -0.461 e. The molecule has 2 heterocycles. The van der Waals surface area contributed by atoms with Crippen molar-refractivity contribution in [3.8, 4) is 11.4 Å². The molecule has 10 heteroatoms. The SMILES string of the molecule is CCOC(=O)c1ccn(-c2cccc(NC(=O)c3c(C)nn(-c4ccc(F)cc4F)c3C)c2)n1. The average molecular weight is 465 g/mol. The molecule has 2 aromatic heterocycles. The van der Waals surface area contributed by atoms with Gasteiger partial charge < -0.3 is 10.1 Å². The van der Waals surface area contributed by atoms with Crippen LogP contribution in [0.25, 0.3) is 11.4 Å². The van der Waals surface area contributed by atoms with Gasteiger partial charge in [0.25, 0.3) is 5.91 Å². The highest BCUT2D eigenvalue weighted by Gasteiger charge is 2.21. The van der Waals surface area contributed by atoms with Crippen LogP contribution in [0.4, 0.5) is 14.5 Å². The molecule has 4 rings (SSSR count). The highest BCUT2D eigenvalue weighted by Crippen LogP contribution is 2.23. The molecule has 174 valence electrons. The first-order valence-electron chi connectivity index (χ1n) is 10.4. The lowest BCUT2D eigenvalue weighted by Crippen LogP contribution is -2.14. The number of rotatable bonds is 6. The number of aromatic nitrogens is 4. The molecule has 0 saturated heterocycles. The Kier molecular flexibility index (Phi) is 6.22. The van der Waals surface area contributed by atoms with Gasteiger partial charge >= 0.3 is 5.97 Å². The second-order valence-corrected chi connectivity index (χ2v) is 7.42. The van der Waals surface area contributed by atoms with Gasteiger partial charge in [-0.15, -0.1) is 0 Å². The monoisotopic (exact) mass is 465 g/mol. The number of esters is 1. The molecular formula is C24H21F2N5O3. The molecule has 0 aliphatic heterocycles. The van der Waals surface area contributed by atoms with Gasteiger partial charge in [0.1, 0.15) is 11.5 Å². The number of halogens is 2. The summed E-state index contributed by atoms with van der Waals surface area (Å²) < 4.78 is 35.3. The maximum absolute atomic E-state index is 14.3. The van der Waals surface area contributed by atoms with E-state index in [9.17, 15) is 18.4 Å². The minimum atomic E-state index is -0.785. The number of anilines is 1. The first-order valence-corrected chi connectivity index (χ1v) is 10.4. The van der Waals surface area contributed by atoms with Crippen LogP contribution in [0.15, 0.2) is 54.7 Å². The Labute approximate surface area is 193 Å². The van der Waals surface area contributed by atoms with E-state index in [0.717, 1.165) is 12.1 Å². The lowest BCUT2D eigenvalue weighted by Gasteiger charge is -2.09. The third kappa shape index (κ3) is 4.42. The van der Waals surface area contributed by atoms with Gasteiger partial charge in [0.15, 0.2) is 11.5 Å². The van der Waals surface area contributed by atoms with Crippen LogP contribution >= 0.6 is 0 Å². The van der Waals surface area contributed by atoms with Crippen LogP contribution in [-0.4, -0.2) is 38.0 Å². The summed E-state index contributed by atoms with van der Waals surface area (Å²) in [4.78, 5) is 24.9. The summed E-state index contributed by atoms with van der Waals surface area (Å²) >= 11 is 0. The van der Waals surface area contributed by atoms with Crippen LogP contribution in [0, 0.1) is 25.5 Å². The van der Waals surface area contributed by atoms with Crippen molar-refractivity contribution in [3.05, 3.63) is 89.0 Å². The van der Waals surface area contributed by atoms with Crippen molar-refractivity contribution in [2.45, 2.75) is 20.8 Å². The summed E-state index contributed by atoms with van der Waals surface area (Å²) in [6.07, 6.45) is 1.61. The van der Waals surface area contributed by atoms with Crippen molar-refractivity contribution in [2.24, 2.45) is 0 Å². The van der Waals surface area contributed by atoms with E-state index in [1.54, 1.807) is 57.3 Å². The van der Waals surface area contributed by atoms with E-state index in [1.807, 2.05) is 0 Å². The van der Waals surface area contributed by atoms with Crippen LogP contribution in [0.3, 0.4) is 0 Å². The molecule has 1 N–H and O–H groups in total. The molecule has 2 aromatic carbocycles. The first-order chi connectivity index (χ1) is 16.3. The normalized spacial score (nSPS) is 10.9. The van der Waals surface area contributed by atoms with Crippen molar-refractivity contribution in [3.63, 3.8) is 0 Å². The molecule has 0 atom stereocenters. The van der Waals surface area contributed by atoms with Crippen molar-refractivity contribution in [2.75, 3.05) is 11.9 Å². The van der Waals surface area contributed by atoms with Crippen LogP contribution in [0.5, 0.6) is 0 Å². The van der Waals surface area contributed by atoms with E-state index < -0.39 is 23.5 Å². The topological polar surface area (TPSA) is 91.0 Å². The highest BCUT2D eigenvalue weighted by molar-refractivity contribution is 6.06. The molecule has 0 aliphatic rings. The maximum atomic E-state index is 14.3. The second kappa shape index (κ2) is 9.26. The molecule has 0 radical (unpaired) electrons. The number of nitrogens with one attached hydrogen (secondary N) is 1. The van der Waals surface area contributed by atoms with Gasteiger partial charge in [0.05, 0.1) is 29.2 Å². The molecular weight excluding hydrogens is 444 g/mol. The van der Waals surface area contributed by atoms with Gasteiger partial charge in [-0.2, -0.15) is 10.2 Å². The van der Waals surface area contributed by atoms with E-state index in [2.05, 4.69) is 15.5 Å². The fourth-order valence-corrected chi connectivity index (χ4v) is 3.56. The standard InChI is InChI=1S/C24H21F2N5O3/c1-4-34-24(33)20-10-11-30(29-20)18-7-5-6-17(13-18)27-23(32)22-14(2)28-31(15(22)3)21-9-8-16(25)12-19(21)26/h5-13H,4H2,1-3H3,(H,27,32). The van der Waals surface area contributed by atoms with Gasteiger partial charge in [-0.3, -0.25) is 4.79 Å². The van der Waals surface area contributed by atoms with Gasteiger partial charge in [-0.25, -0.2) is 22.9 Å². The van der Waals surface area contributed by atoms with Crippen LogP contribution in [0.2, 0.25) is 0 Å². The van der Waals surface area contributed by atoms with E-state index in [1.165, 1.54) is 15.4 Å². The zero-order chi connectivity index (χ0) is 24.4. The molecule has 34 heavy (non-hydrogen) atoms. The summed E-state index contributed by atoms with van der Waals surface area (Å²) in [5.41, 5.74) is 2.38. The fraction of sp³-hybridized carbons (Fsp3) is 0.167. The predicted octanol–water partition coefficient (Wildman–Crippen LogP) is 4.38. The summed E-state index contributed by atoms with van der Waals surface area (Å²) in [6.45, 7) is 5.23. The minimum absolute atomic E-state index is 0.0409. The molecule has 0 spiro atoms. The molecule has 4 aromatic rings. The Hall–Kier alpha value is -4.34. The Morgan fingerprint density at radius 1 is 1.06 bits per heavy atom. The number of hydrogen-bond donors (Lipinski definition) is 1. The van der Waals surface area contributed by atoms with Crippen molar-refractivity contribution in [1.82, 2.24) is 19.6 Å². The van der Waals surface area contributed by atoms with Crippen LogP contribution in [0.1, 0.15) is 39.2 Å². The van der Waals surface area contributed by atoms with Gasteiger partial charge in [-0.1, -0.05) is 6.07 Å². The van der Waals surface area contributed by atoms with E-state index >= 15 is 0 Å².